The molecule has 3 aromatic rings. The van der Waals surface area contributed by atoms with Crippen LogP contribution in [0.4, 0.5) is 0 Å². The minimum absolute atomic E-state index is 0.279. The summed E-state index contributed by atoms with van der Waals surface area (Å²) in [6.45, 7) is 3.65. The SMILES string of the molecule is COc1ccc(Br)c(CNCc2ccc(C(=O)O)cc2)c1OCc1ccc(C)cc1. The zero-order chi connectivity index (χ0) is 21.5. The lowest BCUT2D eigenvalue weighted by Crippen LogP contribution is -2.15. The standard InChI is InChI=1S/C24H24BrNO4/c1-16-3-5-18(6-4-16)15-30-23-20(21(25)11-12-22(23)29-2)14-26-13-17-7-9-19(10-8-17)24(27)28/h3-12,26H,13-15H2,1-2H3,(H,27,28). The summed E-state index contributed by atoms with van der Waals surface area (Å²) in [4.78, 5) is 11.0. The molecule has 0 saturated heterocycles. The number of aromatic carboxylic acids is 1. The van der Waals surface area contributed by atoms with E-state index in [1.807, 2.05) is 24.3 Å². The summed E-state index contributed by atoms with van der Waals surface area (Å²) in [6, 6.07) is 18.9. The van der Waals surface area contributed by atoms with Crippen LogP contribution in [-0.2, 0) is 19.7 Å². The molecule has 156 valence electrons. The van der Waals surface area contributed by atoms with Gasteiger partial charge in [0.05, 0.1) is 12.7 Å². The van der Waals surface area contributed by atoms with Gasteiger partial charge in [0.2, 0.25) is 0 Å². The molecule has 0 spiro atoms. The Labute approximate surface area is 184 Å². The third-order valence-electron chi connectivity index (χ3n) is 4.72. The molecule has 0 aliphatic heterocycles. The second-order valence-electron chi connectivity index (χ2n) is 6.94. The molecule has 3 rings (SSSR count). The van der Waals surface area contributed by atoms with Gasteiger partial charge in [-0.05, 0) is 42.3 Å². The first-order chi connectivity index (χ1) is 14.5. The van der Waals surface area contributed by atoms with Crippen LogP contribution in [0.15, 0.2) is 65.1 Å². The molecule has 0 heterocycles. The summed E-state index contributed by atoms with van der Waals surface area (Å²) in [5.41, 5.74) is 4.53. The molecule has 0 bridgehead atoms. The van der Waals surface area contributed by atoms with Gasteiger partial charge < -0.3 is 19.9 Å². The first kappa shape index (κ1) is 21.9. The third-order valence-corrected chi connectivity index (χ3v) is 5.47. The Bertz CT molecular complexity index is 1000. The van der Waals surface area contributed by atoms with Crippen molar-refractivity contribution in [2.45, 2.75) is 26.6 Å². The van der Waals surface area contributed by atoms with E-state index in [0.717, 1.165) is 21.2 Å². The van der Waals surface area contributed by atoms with Gasteiger partial charge in [0.25, 0.3) is 0 Å². The number of rotatable bonds is 9. The van der Waals surface area contributed by atoms with Crippen LogP contribution in [0.25, 0.3) is 0 Å². The van der Waals surface area contributed by atoms with Gasteiger partial charge in [-0.1, -0.05) is 57.9 Å². The normalized spacial score (nSPS) is 10.6. The van der Waals surface area contributed by atoms with Crippen LogP contribution in [-0.4, -0.2) is 18.2 Å². The van der Waals surface area contributed by atoms with E-state index in [-0.39, 0.29) is 5.56 Å². The van der Waals surface area contributed by atoms with E-state index < -0.39 is 5.97 Å². The second kappa shape index (κ2) is 10.3. The summed E-state index contributed by atoms with van der Waals surface area (Å²) >= 11 is 3.62. The Hall–Kier alpha value is -2.83. The van der Waals surface area contributed by atoms with Crippen molar-refractivity contribution in [1.82, 2.24) is 5.32 Å². The number of ether oxygens (including phenoxy) is 2. The number of nitrogens with one attached hydrogen (secondary N) is 1. The first-order valence-corrected chi connectivity index (χ1v) is 10.3. The topological polar surface area (TPSA) is 67.8 Å². The first-order valence-electron chi connectivity index (χ1n) is 9.54. The van der Waals surface area contributed by atoms with Gasteiger partial charge in [-0.3, -0.25) is 0 Å². The fraction of sp³-hybridized carbons (Fsp3) is 0.208. The number of carbonyl (C=O) groups is 1. The number of benzene rings is 3. The molecule has 0 fully saturated rings. The molecule has 0 unspecified atom stereocenters. The van der Waals surface area contributed by atoms with Crippen LogP contribution >= 0.6 is 15.9 Å². The maximum Gasteiger partial charge on any atom is 0.335 e. The van der Waals surface area contributed by atoms with E-state index in [2.05, 4.69) is 52.4 Å². The molecule has 5 nitrogen and oxygen atoms in total. The largest absolute Gasteiger partial charge is 0.493 e. The molecule has 0 atom stereocenters. The van der Waals surface area contributed by atoms with Crippen molar-refractivity contribution in [2.75, 3.05) is 7.11 Å². The van der Waals surface area contributed by atoms with E-state index in [1.165, 1.54) is 5.56 Å². The predicted octanol–water partition coefficient (Wildman–Crippen LogP) is 5.33. The average Bonchev–Trinajstić information content (AvgIpc) is 2.75. The lowest BCUT2D eigenvalue weighted by Gasteiger charge is -2.17. The molecule has 0 radical (unpaired) electrons. The van der Waals surface area contributed by atoms with Crippen molar-refractivity contribution in [3.8, 4) is 11.5 Å². The summed E-state index contributed by atoms with van der Waals surface area (Å²) in [7, 11) is 1.63. The summed E-state index contributed by atoms with van der Waals surface area (Å²) in [5.74, 6) is 0.444. The van der Waals surface area contributed by atoms with Gasteiger partial charge in [-0.2, -0.15) is 0 Å². The lowest BCUT2D eigenvalue weighted by molar-refractivity contribution is 0.0697. The van der Waals surface area contributed by atoms with Crippen molar-refractivity contribution < 1.29 is 19.4 Å². The van der Waals surface area contributed by atoms with Crippen molar-refractivity contribution >= 4 is 21.9 Å². The third kappa shape index (κ3) is 5.62. The molecule has 0 saturated carbocycles. The van der Waals surface area contributed by atoms with Crippen LogP contribution in [0.1, 0.15) is 32.6 Å². The highest BCUT2D eigenvalue weighted by atomic mass is 79.9. The van der Waals surface area contributed by atoms with Crippen molar-refractivity contribution in [3.63, 3.8) is 0 Å². The Kier molecular flexibility index (Phi) is 7.49. The second-order valence-corrected chi connectivity index (χ2v) is 7.79. The smallest absolute Gasteiger partial charge is 0.335 e. The van der Waals surface area contributed by atoms with Crippen molar-refractivity contribution in [1.29, 1.82) is 0 Å². The van der Waals surface area contributed by atoms with Crippen LogP contribution in [0, 0.1) is 6.92 Å². The monoisotopic (exact) mass is 469 g/mol. The van der Waals surface area contributed by atoms with Gasteiger partial charge >= 0.3 is 5.97 Å². The molecule has 0 amide bonds. The predicted molar refractivity (Wildman–Crippen MR) is 120 cm³/mol. The van der Waals surface area contributed by atoms with E-state index in [4.69, 9.17) is 14.6 Å². The van der Waals surface area contributed by atoms with Gasteiger partial charge in [0, 0.05) is 23.1 Å². The Morgan fingerprint density at radius 3 is 2.27 bits per heavy atom. The number of methoxy groups -OCH3 is 1. The minimum atomic E-state index is -0.926. The Balaban J connectivity index is 1.71. The number of aryl methyl sites for hydroxylation is 1. The van der Waals surface area contributed by atoms with Gasteiger partial charge in [-0.15, -0.1) is 0 Å². The number of hydrogen-bond acceptors (Lipinski definition) is 4. The fourth-order valence-electron chi connectivity index (χ4n) is 3.00. The Morgan fingerprint density at radius 2 is 1.63 bits per heavy atom. The molecule has 2 N–H and O–H groups in total. The molecule has 0 aromatic heterocycles. The number of carboxylic acids is 1. The van der Waals surface area contributed by atoms with E-state index in [0.29, 0.717) is 31.2 Å². The molecular formula is C24H24BrNO4. The average molecular weight is 470 g/mol. The highest BCUT2D eigenvalue weighted by Gasteiger charge is 2.15. The van der Waals surface area contributed by atoms with Crippen LogP contribution in [0.3, 0.4) is 0 Å². The zero-order valence-corrected chi connectivity index (χ0v) is 18.5. The highest BCUT2D eigenvalue weighted by Crippen LogP contribution is 2.36. The van der Waals surface area contributed by atoms with Gasteiger partial charge in [0.1, 0.15) is 6.61 Å². The fourth-order valence-corrected chi connectivity index (χ4v) is 3.46. The van der Waals surface area contributed by atoms with Gasteiger partial charge in [-0.25, -0.2) is 4.79 Å². The zero-order valence-electron chi connectivity index (χ0n) is 16.9. The summed E-state index contributed by atoms with van der Waals surface area (Å²) in [5, 5.41) is 12.4. The quantitative estimate of drug-likeness (QED) is 0.443. The minimum Gasteiger partial charge on any atom is -0.493 e. The van der Waals surface area contributed by atoms with E-state index in [9.17, 15) is 4.79 Å². The van der Waals surface area contributed by atoms with Gasteiger partial charge in [0.15, 0.2) is 11.5 Å². The van der Waals surface area contributed by atoms with Crippen LogP contribution in [0.2, 0.25) is 0 Å². The molecular weight excluding hydrogens is 446 g/mol. The van der Waals surface area contributed by atoms with Crippen molar-refractivity contribution in [3.05, 3.63) is 93.0 Å². The summed E-state index contributed by atoms with van der Waals surface area (Å²) in [6.07, 6.45) is 0. The number of carboxylic acid groups (broad SMARTS) is 1. The molecule has 3 aromatic carbocycles. The maximum atomic E-state index is 11.0. The Morgan fingerprint density at radius 1 is 0.967 bits per heavy atom. The van der Waals surface area contributed by atoms with E-state index in [1.54, 1.807) is 19.2 Å². The van der Waals surface area contributed by atoms with Crippen molar-refractivity contribution in [2.24, 2.45) is 0 Å². The molecule has 0 aliphatic carbocycles. The number of hydrogen-bond donors (Lipinski definition) is 2. The van der Waals surface area contributed by atoms with E-state index >= 15 is 0 Å². The molecule has 6 heteroatoms. The van der Waals surface area contributed by atoms with Crippen LogP contribution in [0.5, 0.6) is 11.5 Å². The number of halogens is 1. The van der Waals surface area contributed by atoms with Crippen LogP contribution < -0.4 is 14.8 Å². The molecule has 30 heavy (non-hydrogen) atoms. The lowest BCUT2D eigenvalue weighted by atomic mass is 10.1. The summed E-state index contributed by atoms with van der Waals surface area (Å²) < 4.78 is 12.6. The molecule has 0 aliphatic rings. The maximum absolute atomic E-state index is 11.0. The highest BCUT2D eigenvalue weighted by molar-refractivity contribution is 9.10.